The predicted molar refractivity (Wildman–Crippen MR) is 107 cm³/mol. The molecule has 6 nitrogen and oxygen atoms in total. The fourth-order valence-corrected chi connectivity index (χ4v) is 4.09. The summed E-state index contributed by atoms with van der Waals surface area (Å²) >= 11 is 0. The number of hydrogen-bond donors (Lipinski definition) is 0. The Balaban J connectivity index is 1.65. The van der Waals surface area contributed by atoms with E-state index < -0.39 is 18.2 Å². The SMILES string of the molecule is CC(C)(C)CC(=O)N1CCC2(CCN(c3ccc(OCC(F)(F)F)cc3)C2=O)CC1=O. The molecule has 1 aromatic carbocycles. The second kappa shape index (κ2) is 8.16. The van der Waals surface area contributed by atoms with E-state index >= 15 is 0 Å². The Kier molecular flexibility index (Phi) is 6.08. The second-order valence-electron chi connectivity index (χ2n) is 9.49. The lowest BCUT2D eigenvalue weighted by atomic mass is 9.76. The van der Waals surface area contributed by atoms with Crippen molar-refractivity contribution in [3.63, 3.8) is 0 Å². The van der Waals surface area contributed by atoms with Crippen molar-refractivity contribution in [3.8, 4) is 5.75 Å². The number of imide groups is 1. The molecule has 2 saturated heterocycles. The molecule has 2 heterocycles. The first-order chi connectivity index (χ1) is 14.3. The number of hydrogen-bond acceptors (Lipinski definition) is 4. The molecular formula is C22H27F3N2O4. The highest BCUT2D eigenvalue weighted by atomic mass is 19.4. The van der Waals surface area contributed by atoms with Gasteiger partial charge in [-0.15, -0.1) is 0 Å². The summed E-state index contributed by atoms with van der Waals surface area (Å²) in [6.45, 7) is 5.03. The largest absolute Gasteiger partial charge is 0.484 e. The van der Waals surface area contributed by atoms with Gasteiger partial charge in [0.05, 0.1) is 5.41 Å². The van der Waals surface area contributed by atoms with Gasteiger partial charge in [-0.25, -0.2) is 0 Å². The van der Waals surface area contributed by atoms with Gasteiger partial charge >= 0.3 is 6.18 Å². The molecule has 0 aromatic heterocycles. The van der Waals surface area contributed by atoms with Gasteiger partial charge in [-0.1, -0.05) is 20.8 Å². The highest BCUT2D eigenvalue weighted by Crippen LogP contribution is 2.44. The third-order valence-corrected chi connectivity index (χ3v) is 5.65. The summed E-state index contributed by atoms with van der Waals surface area (Å²) in [5, 5.41) is 0. The molecule has 0 aliphatic carbocycles. The summed E-state index contributed by atoms with van der Waals surface area (Å²) in [5.41, 5.74) is -0.524. The van der Waals surface area contributed by atoms with E-state index in [1.807, 2.05) is 20.8 Å². The third-order valence-electron chi connectivity index (χ3n) is 5.65. The van der Waals surface area contributed by atoms with E-state index in [1.54, 1.807) is 4.90 Å². The Morgan fingerprint density at radius 3 is 2.23 bits per heavy atom. The zero-order chi connectivity index (χ0) is 23.0. The normalized spacial score (nSPS) is 22.4. The maximum Gasteiger partial charge on any atom is 0.422 e. The van der Waals surface area contributed by atoms with E-state index in [4.69, 9.17) is 4.74 Å². The number of amides is 3. The van der Waals surface area contributed by atoms with Crippen LogP contribution in [0.25, 0.3) is 0 Å². The van der Waals surface area contributed by atoms with Gasteiger partial charge in [-0.05, 0) is 42.5 Å². The number of carbonyl (C=O) groups excluding carboxylic acids is 3. The molecule has 0 radical (unpaired) electrons. The van der Waals surface area contributed by atoms with Gasteiger partial charge in [0.1, 0.15) is 5.75 Å². The second-order valence-corrected chi connectivity index (χ2v) is 9.49. The van der Waals surface area contributed by atoms with Crippen molar-refractivity contribution >= 4 is 23.4 Å². The molecule has 2 fully saturated rings. The zero-order valence-corrected chi connectivity index (χ0v) is 17.9. The number of halogens is 3. The van der Waals surface area contributed by atoms with E-state index in [0.29, 0.717) is 25.1 Å². The summed E-state index contributed by atoms with van der Waals surface area (Å²) < 4.78 is 41.5. The van der Waals surface area contributed by atoms with Gasteiger partial charge in [0, 0.05) is 31.6 Å². The molecule has 1 spiro atoms. The quantitative estimate of drug-likeness (QED) is 0.712. The van der Waals surface area contributed by atoms with Crippen LogP contribution in [-0.4, -0.2) is 48.5 Å². The maximum atomic E-state index is 13.2. The van der Waals surface area contributed by atoms with Crippen molar-refractivity contribution < 1.29 is 32.3 Å². The first-order valence-electron chi connectivity index (χ1n) is 10.2. The Labute approximate surface area is 179 Å². The minimum absolute atomic E-state index is 0.00894. The molecule has 1 aromatic rings. The van der Waals surface area contributed by atoms with Crippen LogP contribution >= 0.6 is 0 Å². The van der Waals surface area contributed by atoms with Crippen LogP contribution in [-0.2, 0) is 14.4 Å². The van der Waals surface area contributed by atoms with Crippen LogP contribution in [0.5, 0.6) is 5.75 Å². The van der Waals surface area contributed by atoms with Crippen LogP contribution < -0.4 is 9.64 Å². The summed E-state index contributed by atoms with van der Waals surface area (Å²) in [6.07, 6.45) is -3.27. The molecule has 170 valence electrons. The number of likely N-dealkylation sites (tertiary alicyclic amines) is 1. The molecule has 1 unspecified atom stereocenters. The Bertz CT molecular complexity index is 861. The van der Waals surface area contributed by atoms with Crippen molar-refractivity contribution in [1.29, 1.82) is 0 Å². The first kappa shape index (κ1) is 23.1. The molecule has 9 heteroatoms. The molecule has 0 N–H and O–H groups in total. The number of nitrogens with zero attached hydrogens (tertiary/aromatic N) is 2. The summed E-state index contributed by atoms with van der Waals surface area (Å²) in [4.78, 5) is 41.1. The summed E-state index contributed by atoms with van der Waals surface area (Å²) in [5.74, 6) is -0.674. The van der Waals surface area contributed by atoms with Crippen molar-refractivity contribution in [3.05, 3.63) is 24.3 Å². The minimum atomic E-state index is -4.42. The van der Waals surface area contributed by atoms with Crippen LogP contribution in [0.4, 0.5) is 18.9 Å². The number of anilines is 1. The van der Waals surface area contributed by atoms with Gasteiger partial charge in [-0.3, -0.25) is 19.3 Å². The van der Waals surface area contributed by atoms with E-state index in [1.165, 1.54) is 29.2 Å². The molecule has 3 amide bonds. The Morgan fingerprint density at radius 1 is 1.06 bits per heavy atom. The van der Waals surface area contributed by atoms with Gasteiger partial charge in [0.25, 0.3) is 0 Å². The van der Waals surface area contributed by atoms with Crippen molar-refractivity contribution in [2.45, 2.75) is 52.6 Å². The number of alkyl halides is 3. The Hall–Kier alpha value is -2.58. The molecule has 0 bridgehead atoms. The van der Waals surface area contributed by atoms with Crippen molar-refractivity contribution in [1.82, 2.24) is 4.90 Å². The highest BCUT2D eigenvalue weighted by molar-refractivity contribution is 6.05. The lowest BCUT2D eigenvalue weighted by Gasteiger charge is -2.37. The van der Waals surface area contributed by atoms with Crippen molar-refractivity contribution in [2.75, 3.05) is 24.6 Å². The highest BCUT2D eigenvalue weighted by Gasteiger charge is 2.52. The molecule has 1 atom stereocenters. The van der Waals surface area contributed by atoms with Gasteiger partial charge in [0.2, 0.25) is 17.7 Å². The minimum Gasteiger partial charge on any atom is -0.484 e. The van der Waals surface area contributed by atoms with E-state index in [-0.39, 0.29) is 48.3 Å². The summed E-state index contributed by atoms with van der Waals surface area (Å²) in [6, 6.07) is 5.84. The average molecular weight is 440 g/mol. The van der Waals surface area contributed by atoms with Crippen LogP contribution in [0.2, 0.25) is 0 Å². The topological polar surface area (TPSA) is 66.9 Å². The standard InChI is InChI=1S/C22H27F3N2O4/c1-20(2,3)12-17(28)27-11-9-21(13-18(27)29)8-10-26(19(21)30)15-4-6-16(7-5-15)31-14-22(23,24)25/h4-7H,8-14H2,1-3H3. The van der Waals surface area contributed by atoms with Crippen LogP contribution in [0.3, 0.4) is 0 Å². The monoisotopic (exact) mass is 440 g/mol. The van der Waals surface area contributed by atoms with E-state index in [2.05, 4.69) is 0 Å². The molecule has 2 aliphatic rings. The fraction of sp³-hybridized carbons (Fsp3) is 0.591. The zero-order valence-electron chi connectivity index (χ0n) is 17.9. The molecule has 2 aliphatic heterocycles. The molecule has 0 saturated carbocycles. The predicted octanol–water partition coefficient (Wildman–Crippen LogP) is 3.94. The number of benzene rings is 1. The smallest absolute Gasteiger partial charge is 0.422 e. The molecule has 31 heavy (non-hydrogen) atoms. The average Bonchev–Trinajstić information content (AvgIpc) is 2.94. The number of piperidine rings is 1. The van der Waals surface area contributed by atoms with Gasteiger partial charge in [0.15, 0.2) is 6.61 Å². The number of rotatable bonds is 4. The Morgan fingerprint density at radius 2 is 1.68 bits per heavy atom. The number of carbonyl (C=O) groups is 3. The first-order valence-corrected chi connectivity index (χ1v) is 10.2. The van der Waals surface area contributed by atoms with E-state index in [9.17, 15) is 27.6 Å². The maximum absolute atomic E-state index is 13.2. The van der Waals surface area contributed by atoms with Crippen molar-refractivity contribution in [2.24, 2.45) is 10.8 Å². The fourth-order valence-electron chi connectivity index (χ4n) is 4.09. The molecule has 3 rings (SSSR count). The van der Waals surface area contributed by atoms with Crippen LogP contribution in [0.15, 0.2) is 24.3 Å². The lowest BCUT2D eigenvalue weighted by molar-refractivity contribution is -0.154. The number of ether oxygens (including phenoxy) is 1. The lowest BCUT2D eigenvalue weighted by Crippen LogP contribution is -2.50. The van der Waals surface area contributed by atoms with Gasteiger partial charge in [-0.2, -0.15) is 13.2 Å². The van der Waals surface area contributed by atoms with Crippen LogP contribution in [0.1, 0.15) is 46.5 Å². The summed E-state index contributed by atoms with van der Waals surface area (Å²) in [7, 11) is 0. The van der Waals surface area contributed by atoms with Gasteiger partial charge < -0.3 is 9.64 Å². The third kappa shape index (κ3) is 5.37. The van der Waals surface area contributed by atoms with Crippen LogP contribution in [0, 0.1) is 10.8 Å². The van der Waals surface area contributed by atoms with E-state index in [0.717, 1.165) is 0 Å². The molecular weight excluding hydrogens is 413 g/mol.